The lowest BCUT2D eigenvalue weighted by molar-refractivity contribution is -0.384. The fraction of sp³-hybridized carbons (Fsp3) is 0.261. The number of sulfone groups is 2. The average Bonchev–Trinajstić information content (AvgIpc) is 3.22. The molecule has 0 spiro atoms. The van der Waals surface area contributed by atoms with Gasteiger partial charge in [0.05, 0.1) is 42.9 Å². The summed E-state index contributed by atoms with van der Waals surface area (Å²) in [6, 6.07) is 16.7. The Morgan fingerprint density at radius 3 is 1.38 bits per heavy atom. The molecule has 0 aliphatic rings. The van der Waals surface area contributed by atoms with E-state index in [2.05, 4.69) is 9.97 Å². The van der Waals surface area contributed by atoms with Crippen molar-refractivity contribution in [1.29, 1.82) is 0 Å². The van der Waals surface area contributed by atoms with Gasteiger partial charge < -0.3 is 5.73 Å². The summed E-state index contributed by atoms with van der Waals surface area (Å²) < 4.78 is 132. The fourth-order valence-electron chi connectivity index (χ4n) is 7.23. The Balaban J connectivity index is 0.000000241. The lowest BCUT2D eigenvalue weighted by Crippen LogP contribution is -2.11. The largest absolute Gasteiger partial charge is 0.416 e. The van der Waals surface area contributed by atoms with Crippen LogP contribution in [0.5, 0.6) is 0 Å². The Morgan fingerprint density at radius 2 is 0.984 bits per heavy atom. The van der Waals surface area contributed by atoms with Gasteiger partial charge in [0.1, 0.15) is 0 Å². The smallest absolute Gasteiger partial charge is 0.398 e. The molecule has 6 rings (SSSR count). The molecule has 2 heterocycles. The molecule has 0 radical (unpaired) electrons. The third-order valence-corrected chi connectivity index (χ3v) is 14.2. The van der Waals surface area contributed by atoms with Crippen molar-refractivity contribution in [2.24, 2.45) is 0 Å². The summed E-state index contributed by atoms with van der Waals surface area (Å²) in [6.07, 6.45) is -6.25. The van der Waals surface area contributed by atoms with Crippen molar-refractivity contribution in [3.8, 4) is 44.5 Å². The monoisotopic (exact) mass is 926 g/mol. The lowest BCUT2D eigenvalue weighted by Gasteiger charge is -2.21. The van der Waals surface area contributed by atoms with Crippen LogP contribution in [0.2, 0.25) is 0 Å². The van der Waals surface area contributed by atoms with Crippen LogP contribution in [0.3, 0.4) is 0 Å². The molecule has 64 heavy (non-hydrogen) atoms. The van der Waals surface area contributed by atoms with Gasteiger partial charge in [-0.05, 0) is 129 Å². The van der Waals surface area contributed by atoms with Gasteiger partial charge in [-0.15, -0.1) is 0 Å². The number of nitro groups is 1. The van der Waals surface area contributed by atoms with Crippen LogP contribution >= 0.6 is 0 Å². The van der Waals surface area contributed by atoms with Gasteiger partial charge in [-0.2, -0.15) is 26.3 Å². The number of nitrogens with zero attached hydrogens (tertiary/aromatic N) is 3. The Hall–Kier alpha value is -6.14. The number of nitro benzene ring substituents is 1. The maximum atomic E-state index is 13.9. The number of rotatable bonds is 9. The van der Waals surface area contributed by atoms with Crippen LogP contribution in [0.4, 0.5) is 37.7 Å². The van der Waals surface area contributed by atoms with E-state index in [0.717, 1.165) is 24.6 Å². The quantitative estimate of drug-likeness (QED) is 0.0643. The van der Waals surface area contributed by atoms with Gasteiger partial charge in [-0.25, -0.2) is 16.8 Å². The third-order valence-electron chi connectivity index (χ3n) is 10.7. The highest BCUT2D eigenvalue weighted by Crippen LogP contribution is 2.48. The molecule has 0 fully saturated rings. The second kappa shape index (κ2) is 18.2. The molecule has 0 aliphatic carbocycles. The average molecular weight is 927 g/mol. The number of alkyl halides is 6. The number of aromatic nitrogens is 2. The van der Waals surface area contributed by atoms with Crippen molar-refractivity contribution in [3.63, 3.8) is 0 Å². The summed E-state index contributed by atoms with van der Waals surface area (Å²) in [5.41, 5.74) is 7.28. The molecular weight excluding hydrogens is 883 g/mol. The van der Waals surface area contributed by atoms with Crippen LogP contribution < -0.4 is 5.73 Å². The van der Waals surface area contributed by atoms with Crippen molar-refractivity contribution in [2.45, 2.75) is 77.5 Å². The van der Waals surface area contributed by atoms with E-state index in [1.165, 1.54) is 63.2 Å². The highest BCUT2D eigenvalue weighted by molar-refractivity contribution is 7.91. The van der Waals surface area contributed by atoms with E-state index in [0.29, 0.717) is 39.2 Å². The number of halogens is 6. The van der Waals surface area contributed by atoms with Crippen molar-refractivity contribution in [3.05, 3.63) is 140 Å². The van der Waals surface area contributed by atoms with Crippen LogP contribution in [-0.4, -0.2) is 43.2 Å². The molecule has 10 nitrogen and oxygen atoms in total. The number of hydrogen-bond acceptors (Lipinski definition) is 9. The van der Waals surface area contributed by atoms with E-state index >= 15 is 0 Å². The topological polar surface area (TPSA) is 163 Å². The molecule has 0 unspecified atom stereocenters. The molecule has 0 amide bonds. The second-order valence-corrected chi connectivity index (χ2v) is 19.7. The van der Waals surface area contributed by atoms with Crippen LogP contribution in [0, 0.1) is 51.7 Å². The molecule has 2 N–H and O–H groups in total. The summed E-state index contributed by atoms with van der Waals surface area (Å²) in [7, 11) is -7.21. The standard InChI is InChI=1S/C23H21F3N2O4S.C23H23F3N2O2S/c1-5-33(31,32)17-8-6-7-16(10-17)19-11-20(23(24,25)26)14(3)22(28(29)30)21(19)18-9-13(2)12-27-15(18)4;1-5-31(29,30)17-8-6-7-16(10-17)19-11-20(23(24,25)26)14(3)22(27)21(19)18-9-13(2)12-28-15(18)4/h6-12H,5H2,1-4H3;6-12H,5,27H2,1-4H3. The number of benzene rings is 4. The number of anilines is 1. The van der Waals surface area contributed by atoms with Gasteiger partial charge in [0.2, 0.25) is 0 Å². The van der Waals surface area contributed by atoms with Gasteiger partial charge in [0.15, 0.2) is 19.7 Å². The number of pyridine rings is 2. The number of aryl methyl sites for hydroxylation is 4. The van der Waals surface area contributed by atoms with Gasteiger partial charge >= 0.3 is 12.4 Å². The van der Waals surface area contributed by atoms with Crippen molar-refractivity contribution >= 4 is 31.0 Å². The predicted octanol–water partition coefficient (Wildman–Crippen LogP) is 11.8. The summed E-state index contributed by atoms with van der Waals surface area (Å²) in [6.45, 7) is 12.3. The highest BCUT2D eigenvalue weighted by Gasteiger charge is 2.39. The zero-order valence-electron chi connectivity index (χ0n) is 35.9. The Labute approximate surface area is 367 Å². The highest BCUT2D eigenvalue weighted by atomic mass is 32.2. The first-order valence-electron chi connectivity index (χ1n) is 19.6. The van der Waals surface area contributed by atoms with E-state index in [-0.39, 0.29) is 54.8 Å². The second-order valence-electron chi connectivity index (χ2n) is 15.1. The molecule has 18 heteroatoms. The van der Waals surface area contributed by atoms with Gasteiger partial charge in [-0.3, -0.25) is 20.1 Å². The minimum atomic E-state index is -4.85. The van der Waals surface area contributed by atoms with Gasteiger partial charge in [-0.1, -0.05) is 38.1 Å². The van der Waals surface area contributed by atoms with Crippen LogP contribution in [0.15, 0.2) is 95.0 Å². The summed E-state index contributed by atoms with van der Waals surface area (Å²) in [5, 5.41) is 12.1. The van der Waals surface area contributed by atoms with E-state index < -0.39 is 59.3 Å². The SMILES string of the molecule is CCS(=O)(=O)c1cccc(-c2cc(C(F)(F)F)c(C)c(N)c2-c2cc(C)cnc2C)c1.CCS(=O)(=O)c1cccc(-c2cc(C(F)(F)F)c(C)c([N+](=O)[O-])c2-c2cc(C)cnc2C)c1. The maximum Gasteiger partial charge on any atom is 0.416 e. The lowest BCUT2D eigenvalue weighted by atomic mass is 9.87. The third kappa shape index (κ3) is 9.97. The van der Waals surface area contributed by atoms with Crippen molar-refractivity contribution < 1.29 is 48.1 Å². The molecule has 338 valence electrons. The van der Waals surface area contributed by atoms with E-state index in [1.54, 1.807) is 45.3 Å². The number of nitrogens with two attached hydrogens (primary N) is 1. The number of hydrogen-bond donors (Lipinski definition) is 1. The molecule has 4 aromatic carbocycles. The summed E-state index contributed by atoms with van der Waals surface area (Å²) >= 11 is 0. The zero-order chi connectivity index (χ0) is 47.9. The first-order valence-corrected chi connectivity index (χ1v) is 22.9. The summed E-state index contributed by atoms with van der Waals surface area (Å²) in [4.78, 5) is 19.7. The normalized spacial score (nSPS) is 12.2. The Kier molecular flexibility index (Phi) is 13.9. The van der Waals surface area contributed by atoms with Gasteiger partial charge in [0.25, 0.3) is 5.69 Å². The van der Waals surface area contributed by atoms with Crippen LogP contribution in [0.25, 0.3) is 44.5 Å². The fourth-order valence-corrected chi connectivity index (χ4v) is 9.09. The molecule has 6 aromatic rings. The molecule has 0 saturated carbocycles. The Morgan fingerprint density at radius 1 is 0.594 bits per heavy atom. The maximum absolute atomic E-state index is 13.9. The molecule has 0 atom stereocenters. The Bertz CT molecular complexity index is 3040. The molecular formula is C46H44F6N4O6S2. The summed E-state index contributed by atoms with van der Waals surface area (Å²) in [5.74, 6) is -0.319. The zero-order valence-corrected chi connectivity index (χ0v) is 37.6. The van der Waals surface area contributed by atoms with Crippen molar-refractivity contribution in [2.75, 3.05) is 17.2 Å². The van der Waals surface area contributed by atoms with E-state index in [9.17, 15) is 53.3 Å². The minimum absolute atomic E-state index is 0.0101. The van der Waals surface area contributed by atoms with Crippen LogP contribution in [-0.2, 0) is 32.0 Å². The van der Waals surface area contributed by atoms with Gasteiger partial charge in [0, 0.05) is 51.7 Å². The molecule has 0 bridgehead atoms. The predicted molar refractivity (Wildman–Crippen MR) is 235 cm³/mol. The van der Waals surface area contributed by atoms with E-state index in [4.69, 9.17) is 5.73 Å². The minimum Gasteiger partial charge on any atom is -0.398 e. The first kappa shape index (κ1) is 48.9. The number of nitrogen functional groups attached to an aromatic ring is 1. The van der Waals surface area contributed by atoms with E-state index in [1.807, 2.05) is 13.0 Å². The first-order chi connectivity index (χ1) is 29.6. The molecule has 0 aliphatic heterocycles. The molecule has 2 aromatic heterocycles. The molecule has 0 saturated heterocycles. The van der Waals surface area contributed by atoms with Crippen LogP contribution in [0.1, 0.15) is 58.6 Å². The van der Waals surface area contributed by atoms with Crippen molar-refractivity contribution in [1.82, 2.24) is 9.97 Å².